The van der Waals surface area contributed by atoms with Crippen molar-refractivity contribution in [1.29, 1.82) is 0 Å². The average molecular weight is 273 g/mol. The molecule has 1 heterocycles. The lowest BCUT2D eigenvalue weighted by Crippen LogP contribution is -2.40. The number of benzene rings is 1. The minimum atomic E-state index is 0.106. The van der Waals surface area contributed by atoms with Gasteiger partial charge >= 0.3 is 0 Å². The molecule has 0 saturated heterocycles. The summed E-state index contributed by atoms with van der Waals surface area (Å²) in [7, 11) is 1.77. The van der Waals surface area contributed by atoms with Gasteiger partial charge in [-0.1, -0.05) is 23.2 Å². The van der Waals surface area contributed by atoms with Crippen molar-refractivity contribution in [1.82, 2.24) is 10.2 Å². The van der Waals surface area contributed by atoms with Crippen molar-refractivity contribution in [3.05, 3.63) is 33.3 Å². The number of hydrogen-bond acceptors (Lipinski definition) is 2. The van der Waals surface area contributed by atoms with E-state index in [-0.39, 0.29) is 5.91 Å². The highest BCUT2D eigenvalue weighted by atomic mass is 35.5. The number of rotatable bonds is 2. The molecule has 0 bridgehead atoms. The predicted molar refractivity (Wildman–Crippen MR) is 69.5 cm³/mol. The SMILES string of the molecule is CNCC(=O)N1CCc2c(Cl)cc(Cl)cc2C1. The zero-order valence-corrected chi connectivity index (χ0v) is 11.1. The monoisotopic (exact) mass is 272 g/mol. The van der Waals surface area contributed by atoms with Gasteiger partial charge in [-0.15, -0.1) is 0 Å². The van der Waals surface area contributed by atoms with Gasteiger partial charge in [-0.2, -0.15) is 0 Å². The van der Waals surface area contributed by atoms with Gasteiger partial charge in [0.05, 0.1) is 6.54 Å². The summed E-state index contributed by atoms with van der Waals surface area (Å²) in [5.41, 5.74) is 2.17. The van der Waals surface area contributed by atoms with Gasteiger partial charge in [0.15, 0.2) is 0 Å². The van der Waals surface area contributed by atoms with Gasteiger partial charge < -0.3 is 10.2 Å². The van der Waals surface area contributed by atoms with E-state index in [1.54, 1.807) is 13.1 Å². The lowest BCUT2D eigenvalue weighted by Gasteiger charge is -2.29. The van der Waals surface area contributed by atoms with Crippen LogP contribution in [0.1, 0.15) is 11.1 Å². The average Bonchev–Trinajstić information content (AvgIpc) is 2.28. The van der Waals surface area contributed by atoms with E-state index in [1.165, 1.54) is 0 Å². The Hall–Kier alpha value is -0.770. The van der Waals surface area contributed by atoms with Crippen LogP contribution in [-0.2, 0) is 17.8 Å². The zero-order chi connectivity index (χ0) is 12.4. The van der Waals surface area contributed by atoms with Crippen LogP contribution in [-0.4, -0.2) is 30.9 Å². The molecule has 1 aliphatic heterocycles. The molecule has 1 amide bonds. The van der Waals surface area contributed by atoms with Crippen molar-refractivity contribution in [2.24, 2.45) is 0 Å². The molecule has 0 unspecified atom stereocenters. The molecule has 0 aliphatic carbocycles. The predicted octanol–water partition coefficient (Wildman–Crippen LogP) is 2.10. The van der Waals surface area contributed by atoms with E-state index in [0.717, 1.165) is 24.1 Å². The van der Waals surface area contributed by atoms with Crippen LogP contribution >= 0.6 is 23.2 Å². The van der Waals surface area contributed by atoms with Gasteiger partial charge in [0.25, 0.3) is 0 Å². The Morgan fingerprint density at radius 2 is 2.24 bits per heavy atom. The number of hydrogen-bond donors (Lipinski definition) is 1. The standard InChI is InChI=1S/C12H14Cl2N2O/c1-15-6-12(17)16-3-2-10-8(7-16)4-9(13)5-11(10)14/h4-5,15H,2-3,6-7H2,1H3. The van der Waals surface area contributed by atoms with Crippen molar-refractivity contribution in [3.8, 4) is 0 Å². The summed E-state index contributed by atoms with van der Waals surface area (Å²) in [6.07, 6.45) is 0.792. The van der Waals surface area contributed by atoms with E-state index in [2.05, 4.69) is 5.32 Å². The quantitative estimate of drug-likeness (QED) is 0.895. The first-order valence-corrected chi connectivity index (χ1v) is 6.26. The molecule has 0 radical (unpaired) electrons. The van der Waals surface area contributed by atoms with Crippen LogP contribution in [0.15, 0.2) is 12.1 Å². The molecule has 0 saturated carbocycles. The lowest BCUT2D eigenvalue weighted by atomic mass is 9.99. The maximum Gasteiger partial charge on any atom is 0.236 e. The molecule has 92 valence electrons. The summed E-state index contributed by atoms with van der Waals surface area (Å²) in [4.78, 5) is 13.6. The molecular formula is C12H14Cl2N2O. The number of amides is 1. The normalized spacial score (nSPS) is 14.6. The zero-order valence-electron chi connectivity index (χ0n) is 9.59. The van der Waals surface area contributed by atoms with Crippen molar-refractivity contribution in [2.45, 2.75) is 13.0 Å². The Morgan fingerprint density at radius 3 is 2.94 bits per heavy atom. The molecule has 1 aliphatic rings. The fraction of sp³-hybridized carbons (Fsp3) is 0.417. The van der Waals surface area contributed by atoms with Crippen LogP contribution < -0.4 is 5.32 Å². The second-order valence-electron chi connectivity index (χ2n) is 4.12. The van der Waals surface area contributed by atoms with E-state index >= 15 is 0 Å². The molecule has 1 N–H and O–H groups in total. The highest BCUT2D eigenvalue weighted by Crippen LogP contribution is 2.29. The minimum absolute atomic E-state index is 0.106. The van der Waals surface area contributed by atoms with Gasteiger partial charge in [0, 0.05) is 23.1 Å². The smallest absolute Gasteiger partial charge is 0.236 e. The number of halogens is 2. The summed E-state index contributed by atoms with van der Waals surface area (Å²) in [6.45, 7) is 1.68. The Balaban J connectivity index is 2.21. The Kier molecular flexibility index (Phi) is 3.92. The first kappa shape index (κ1) is 12.7. The van der Waals surface area contributed by atoms with Crippen molar-refractivity contribution >= 4 is 29.1 Å². The van der Waals surface area contributed by atoms with E-state index in [1.807, 2.05) is 11.0 Å². The van der Waals surface area contributed by atoms with Crippen LogP contribution in [0.4, 0.5) is 0 Å². The van der Waals surface area contributed by atoms with E-state index in [9.17, 15) is 4.79 Å². The highest BCUT2D eigenvalue weighted by Gasteiger charge is 2.22. The second kappa shape index (κ2) is 5.25. The van der Waals surface area contributed by atoms with Crippen molar-refractivity contribution < 1.29 is 4.79 Å². The van der Waals surface area contributed by atoms with E-state index in [4.69, 9.17) is 23.2 Å². The lowest BCUT2D eigenvalue weighted by molar-refractivity contribution is -0.131. The van der Waals surface area contributed by atoms with Gasteiger partial charge in [-0.25, -0.2) is 0 Å². The first-order valence-electron chi connectivity index (χ1n) is 5.51. The highest BCUT2D eigenvalue weighted by molar-refractivity contribution is 6.35. The third kappa shape index (κ3) is 2.73. The topological polar surface area (TPSA) is 32.3 Å². The summed E-state index contributed by atoms with van der Waals surface area (Å²) in [6, 6.07) is 3.65. The van der Waals surface area contributed by atoms with Gasteiger partial charge in [-0.3, -0.25) is 4.79 Å². The second-order valence-corrected chi connectivity index (χ2v) is 4.96. The van der Waals surface area contributed by atoms with Crippen molar-refractivity contribution in [2.75, 3.05) is 20.1 Å². The fourth-order valence-electron chi connectivity index (χ4n) is 2.09. The third-order valence-electron chi connectivity index (χ3n) is 2.93. The molecular weight excluding hydrogens is 259 g/mol. The van der Waals surface area contributed by atoms with Crippen LogP contribution in [0, 0.1) is 0 Å². The molecule has 0 fully saturated rings. The minimum Gasteiger partial charge on any atom is -0.337 e. The molecule has 0 aromatic heterocycles. The molecule has 5 heteroatoms. The van der Waals surface area contributed by atoms with Crippen LogP contribution in [0.2, 0.25) is 10.0 Å². The fourth-order valence-corrected chi connectivity index (χ4v) is 2.72. The molecule has 17 heavy (non-hydrogen) atoms. The summed E-state index contributed by atoms with van der Waals surface area (Å²) in [5, 5.41) is 4.19. The van der Waals surface area contributed by atoms with Gasteiger partial charge in [-0.05, 0) is 36.7 Å². The van der Waals surface area contributed by atoms with Crippen LogP contribution in [0.25, 0.3) is 0 Å². The van der Waals surface area contributed by atoms with Crippen LogP contribution in [0.3, 0.4) is 0 Å². The number of nitrogens with one attached hydrogen (secondary N) is 1. The molecule has 2 rings (SSSR count). The molecule has 0 spiro atoms. The summed E-state index contributed by atoms with van der Waals surface area (Å²) >= 11 is 12.1. The number of nitrogens with zero attached hydrogens (tertiary/aromatic N) is 1. The van der Waals surface area contributed by atoms with Gasteiger partial charge in [0.1, 0.15) is 0 Å². The number of likely N-dealkylation sites (N-methyl/N-ethyl adjacent to an activating group) is 1. The molecule has 0 atom stereocenters. The maximum atomic E-state index is 11.8. The Labute approximate surface area is 111 Å². The van der Waals surface area contributed by atoms with E-state index in [0.29, 0.717) is 23.1 Å². The third-order valence-corrected chi connectivity index (χ3v) is 3.48. The largest absolute Gasteiger partial charge is 0.337 e. The maximum absolute atomic E-state index is 11.8. The molecule has 1 aromatic carbocycles. The Morgan fingerprint density at radius 1 is 1.47 bits per heavy atom. The first-order chi connectivity index (χ1) is 8.11. The molecule has 3 nitrogen and oxygen atoms in total. The van der Waals surface area contributed by atoms with E-state index < -0.39 is 0 Å². The van der Waals surface area contributed by atoms with Crippen molar-refractivity contribution in [3.63, 3.8) is 0 Å². The summed E-state index contributed by atoms with van der Waals surface area (Å²) < 4.78 is 0. The summed E-state index contributed by atoms with van der Waals surface area (Å²) in [5.74, 6) is 0.106. The molecule has 1 aromatic rings. The number of carbonyl (C=O) groups is 1. The number of fused-ring (bicyclic) bond motifs is 1. The van der Waals surface area contributed by atoms with Gasteiger partial charge in [0.2, 0.25) is 5.91 Å². The Bertz CT molecular complexity index is 448. The number of carbonyl (C=O) groups excluding carboxylic acids is 1. The van der Waals surface area contributed by atoms with Crippen LogP contribution in [0.5, 0.6) is 0 Å².